The predicted molar refractivity (Wildman–Crippen MR) is 150 cm³/mol. The van der Waals surface area contributed by atoms with Crippen molar-refractivity contribution >= 4 is 20.1 Å². The standard InChI is InChI=1S/C32H30O4S/c1-19-15-21(3)29(22(4)16-19)25-11-7-9-13-27(25)31(33)37(35,36)32(34)28-14-10-8-12-26(28)30-23(5)17-20(2)18-24(30)6/h7-18H,1-6H3. The summed E-state index contributed by atoms with van der Waals surface area (Å²) in [5.41, 5.74) is 8.43. The zero-order valence-corrected chi connectivity index (χ0v) is 22.8. The number of benzene rings is 4. The van der Waals surface area contributed by atoms with Gasteiger partial charge in [0, 0.05) is 11.1 Å². The van der Waals surface area contributed by atoms with Crippen LogP contribution in [-0.4, -0.2) is 18.6 Å². The first kappa shape index (κ1) is 26.2. The average molecular weight is 511 g/mol. The predicted octanol–water partition coefficient (Wildman–Crippen LogP) is 7.27. The number of carbonyl (C=O) groups excluding carboxylic acids is 2. The van der Waals surface area contributed by atoms with E-state index >= 15 is 0 Å². The van der Waals surface area contributed by atoms with Gasteiger partial charge in [-0.3, -0.25) is 9.59 Å². The Morgan fingerprint density at radius 3 is 1.14 bits per heavy atom. The molecule has 0 saturated heterocycles. The molecule has 4 aromatic carbocycles. The lowest BCUT2D eigenvalue weighted by Gasteiger charge is -2.16. The molecule has 37 heavy (non-hydrogen) atoms. The first-order valence-corrected chi connectivity index (χ1v) is 13.6. The van der Waals surface area contributed by atoms with Crippen LogP contribution in [0.4, 0.5) is 0 Å². The molecule has 0 fully saturated rings. The number of rotatable bonds is 4. The summed E-state index contributed by atoms with van der Waals surface area (Å²) in [7, 11) is -4.85. The van der Waals surface area contributed by atoms with E-state index in [4.69, 9.17) is 0 Å². The van der Waals surface area contributed by atoms with Crippen molar-refractivity contribution in [3.8, 4) is 22.3 Å². The highest BCUT2D eigenvalue weighted by Crippen LogP contribution is 2.35. The maximum Gasteiger partial charge on any atom is 0.285 e. The molecule has 4 rings (SSSR count). The Bertz CT molecular complexity index is 1510. The third-order valence-corrected chi connectivity index (χ3v) is 8.09. The van der Waals surface area contributed by atoms with Crippen molar-refractivity contribution in [2.45, 2.75) is 41.5 Å². The molecule has 0 radical (unpaired) electrons. The topological polar surface area (TPSA) is 68.3 Å². The number of carbonyl (C=O) groups is 2. The zero-order chi connectivity index (χ0) is 27.1. The van der Waals surface area contributed by atoms with Gasteiger partial charge in [0.2, 0.25) is 0 Å². The second-order valence-corrected chi connectivity index (χ2v) is 11.5. The third-order valence-electron chi connectivity index (χ3n) is 6.67. The van der Waals surface area contributed by atoms with E-state index in [1.165, 1.54) is 12.1 Å². The summed E-state index contributed by atoms with van der Waals surface area (Å²) in [5, 5.41) is -2.39. The van der Waals surface area contributed by atoms with Crippen LogP contribution in [0.1, 0.15) is 54.1 Å². The van der Waals surface area contributed by atoms with Crippen molar-refractivity contribution in [1.82, 2.24) is 0 Å². The van der Waals surface area contributed by atoms with Gasteiger partial charge >= 0.3 is 0 Å². The van der Waals surface area contributed by atoms with E-state index in [0.717, 1.165) is 44.5 Å². The molecule has 0 amide bonds. The molecule has 0 atom stereocenters. The SMILES string of the molecule is Cc1cc(C)c(-c2ccccc2C(=O)S(=O)(=O)C(=O)c2ccccc2-c2c(C)cc(C)cc2C)c(C)c1. The Hall–Kier alpha value is -3.83. The van der Waals surface area contributed by atoms with Crippen molar-refractivity contribution < 1.29 is 18.0 Å². The van der Waals surface area contributed by atoms with Crippen molar-refractivity contribution in [2.75, 3.05) is 0 Å². The molecule has 0 aliphatic heterocycles. The minimum absolute atomic E-state index is 0.00826. The van der Waals surface area contributed by atoms with Crippen LogP contribution in [0.2, 0.25) is 0 Å². The van der Waals surface area contributed by atoms with Gasteiger partial charge in [0.25, 0.3) is 20.1 Å². The molecule has 0 bridgehead atoms. The fraction of sp³-hybridized carbons (Fsp3) is 0.188. The number of hydrogen-bond acceptors (Lipinski definition) is 4. The molecular formula is C32H30O4S. The highest BCUT2D eigenvalue weighted by Gasteiger charge is 2.36. The van der Waals surface area contributed by atoms with Crippen LogP contribution in [0.3, 0.4) is 0 Å². The quantitative estimate of drug-likeness (QED) is 0.290. The van der Waals surface area contributed by atoms with Gasteiger partial charge in [-0.1, -0.05) is 71.8 Å². The molecule has 0 aliphatic carbocycles. The molecular weight excluding hydrogens is 480 g/mol. The number of sulfone groups is 1. The fourth-order valence-electron chi connectivity index (χ4n) is 5.34. The summed E-state index contributed by atoms with van der Waals surface area (Å²) in [6, 6.07) is 21.1. The normalized spacial score (nSPS) is 11.4. The lowest BCUT2D eigenvalue weighted by Crippen LogP contribution is -2.25. The minimum atomic E-state index is -4.85. The van der Waals surface area contributed by atoms with Crippen LogP contribution in [-0.2, 0) is 9.84 Å². The average Bonchev–Trinajstić information content (AvgIpc) is 2.82. The lowest BCUT2D eigenvalue weighted by atomic mass is 9.91. The minimum Gasteiger partial charge on any atom is -0.275 e. The molecule has 0 heterocycles. The Labute approximate surface area is 218 Å². The fourth-order valence-corrected chi connectivity index (χ4v) is 6.45. The summed E-state index contributed by atoms with van der Waals surface area (Å²) >= 11 is 0. The molecule has 0 aromatic heterocycles. The maximum absolute atomic E-state index is 13.6. The lowest BCUT2D eigenvalue weighted by molar-refractivity contribution is 0.104. The van der Waals surface area contributed by atoms with E-state index in [0.29, 0.717) is 11.1 Å². The van der Waals surface area contributed by atoms with Gasteiger partial charge in [0.05, 0.1) is 0 Å². The molecule has 4 aromatic rings. The molecule has 0 saturated carbocycles. The maximum atomic E-state index is 13.6. The van der Waals surface area contributed by atoms with Crippen molar-refractivity contribution in [3.05, 3.63) is 117 Å². The van der Waals surface area contributed by atoms with E-state index in [1.54, 1.807) is 36.4 Å². The first-order chi connectivity index (χ1) is 17.4. The summed E-state index contributed by atoms with van der Waals surface area (Å²) in [6.45, 7) is 11.7. The van der Waals surface area contributed by atoms with Gasteiger partial charge in [-0.15, -0.1) is 0 Å². The second kappa shape index (κ2) is 9.91. The largest absolute Gasteiger partial charge is 0.285 e. The van der Waals surface area contributed by atoms with Gasteiger partial charge in [-0.25, -0.2) is 8.42 Å². The second-order valence-electron chi connectivity index (χ2n) is 9.72. The number of aryl methyl sites for hydroxylation is 6. The van der Waals surface area contributed by atoms with Crippen LogP contribution < -0.4 is 0 Å². The van der Waals surface area contributed by atoms with Crippen LogP contribution >= 0.6 is 0 Å². The summed E-state index contributed by atoms with van der Waals surface area (Å²) < 4.78 is 27.1. The Balaban J connectivity index is 1.85. The Morgan fingerprint density at radius 2 is 0.811 bits per heavy atom. The van der Waals surface area contributed by atoms with Gasteiger partial charge in [-0.2, -0.15) is 0 Å². The molecule has 0 unspecified atom stereocenters. The molecule has 4 nitrogen and oxygen atoms in total. The van der Waals surface area contributed by atoms with Crippen LogP contribution in [0, 0.1) is 41.5 Å². The van der Waals surface area contributed by atoms with Crippen LogP contribution in [0.5, 0.6) is 0 Å². The molecule has 188 valence electrons. The number of hydrogen-bond donors (Lipinski definition) is 0. The molecule has 0 aliphatic rings. The van der Waals surface area contributed by atoms with E-state index in [2.05, 4.69) is 0 Å². The van der Waals surface area contributed by atoms with Crippen LogP contribution in [0.25, 0.3) is 22.3 Å². The highest BCUT2D eigenvalue weighted by atomic mass is 32.2. The van der Waals surface area contributed by atoms with E-state index in [1.807, 2.05) is 65.8 Å². The van der Waals surface area contributed by atoms with E-state index < -0.39 is 20.1 Å². The monoisotopic (exact) mass is 510 g/mol. The van der Waals surface area contributed by atoms with Gasteiger partial charge < -0.3 is 0 Å². The van der Waals surface area contributed by atoms with Crippen molar-refractivity contribution in [3.63, 3.8) is 0 Å². The summed E-state index contributed by atoms with van der Waals surface area (Å²) in [4.78, 5) is 27.2. The highest BCUT2D eigenvalue weighted by molar-refractivity contribution is 8.19. The zero-order valence-electron chi connectivity index (χ0n) is 22.0. The Kier molecular flexibility index (Phi) is 7.03. The molecule has 5 heteroatoms. The van der Waals surface area contributed by atoms with Crippen LogP contribution in [0.15, 0.2) is 72.8 Å². The Morgan fingerprint density at radius 1 is 0.514 bits per heavy atom. The van der Waals surface area contributed by atoms with Crippen molar-refractivity contribution in [1.29, 1.82) is 0 Å². The molecule has 0 N–H and O–H groups in total. The summed E-state index contributed by atoms with van der Waals surface area (Å²) in [5.74, 6) is 0. The smallest absolute Gasteiger partial charge is 0.275 e. The molecule has 0 spiro atoms. The van der Waals surface area contributed by atoms with E-state index in [-0.39, 0.29) is 11.1 Å². The third kappa shape index (κ3) is 4.79. The van der Waals surface area contributed by atoms with Crippen molar-refractivity contribution in [2.24, 2.45) is 0 Å². The first-order valence-electron chi connectivity index (χ1n) is 12.1. The van der Waals surface area contributed by atoms with Gasteiger partial charge in [0.15, 0.2) is 0 Å². The summed E-state index contributed by atoms with van der Waals surface area (Å²) in [6.07, 6.45) is 0. The van der Waals surface area contributed by atoms with E-state index in [9.17, 15) is 18.0 Å². The van der Waals surface area contributed by atoms with Gasteiger partial charge in [0.1, 0.15) is 0 Å². The van der Waals surface area contributed by atoms with Gasteiger partial charge in [-0.05, 0) is 98.2 Å².